The van der Waals surface area contributed by atoms with Crippen LogP contribution in [0.2, 0.25) is 0 Å². The van der Waals surface area contributed by atoms with Gasteiger partial charge in [-0.15, -0.1) is 5.10 Å². The highest BCUT2D eigenvalue weighted by Crippen LogP contribution is 2.15. The molecule has 0 bridgehead atoms. The summed E-state index contributed by atoms with van der Waals surface area (Å²) < 4.78 is 7.05. The normalized spacial score (nSPS) is 17.2. The first-order valence-electron chi connectivity index (χ1n) is 6.47. The lowest BCUT2D eigenvalue weighted by atomic mass is 10.1. The van der Waals surface area contributed by atoms with E-state index in [1.807, 2.05) is 22.8 Å². The summed E-state index contributed by atoms with van der Waals surface area (Å²) in [6.07, 6.45) is 5.87. The Morgan fingerprint density at radius 3 is 2.83 bits per heavy atom. The number of hydrogen-bond acceptors (Lipinski definition) is 4. The molecule has 1 saturated heterocycles. The fraction of sp³-hybridized carbons (Fsp3) is 0.538. The van der Waals surface area contributed by atoms with E-state index < -0.39 is 0 Å². The average Bonchev–Trinajstić information content (AvgIpc) is 2.82. The van der Waals surface area contributed by atoms with E-state index in [1.54, 1.807) is 7.11 Å². The summed E-state index contributed by atoms with van der Waals surface area (Å²) >= 11 is 0. The van der Waals surface area contributed by atoms with Gasteiger partial charge in [0.1, 0.15) is 0 Å². The Morgan fingerprint density at radius 1 is 1.22 bits per heavy atom. The molecule has 0 saturated carbocycles. The van der Waals surface area contributed by atoms with Crippen LogP contribution >= 0.6 is 0 Å². The molecule has 0 atom stereocenters. The van der Waals surface area contributed by atoms with Crippen LogP contribution in [0.1, 0.15) is 25.0 Å². The van der Waals surface area contributed by atoms with E-state index >= 15 is 0 Å². The summed E-state index contributed by atoms with van der Waals surface area (Å²) in [5, 5.41) is 4.42. The zero-order valence-corrected chi connectivity index (χ0v) is 10.7. The molecule has 0 aromatic carbocycles. The lowest BCUT2D eigenvalue weighted by Gasteiger charge is -2.25. The van der Waals surface area contributed by atoms with E-state index in [4.69, 9.17) is 4.74 Å². The molecular weight excluding hydrogens is 228 g/mol. The summed E-state index contributed by atoms with van der Waals surface area (Å²) in [5.41, 5.74) is 2.01. The molecule has 96 valence electrons. The first-order valence-corrected chi connectivity index (χ1v) is 6.47. The van der Waals surface area contributed by atoms with Crippen LogP contribution in [0.5, 0.6) is 5.88 Å². The SMILES string of the molecule is COc1ccc2ncc(CN3CCCCC3)n2n1. The van der Waals surface area contributed by atoms with Gasteiger partial charge in [-0.3, -0.25) is 4.90 Å². The summed E-state index contributed by atoms with van der Waals surface area (Å²) in [6, 6.07) is 3.78. The first-order chi connectivity index (χ1) is 8.86. The number of piperidine rings is 1. The number of imidazole rings is 1. The van der Waals surface area contributed by atoms with Gasteiger partial charge in [-0.2, -0.15) is 0 Å². The zero-order valence-electron chi connectivity index (χ0n) is 10.7. The number of nitrogens with zero attached hydrogens (tertiary/aromatic N) is 4. The Bertz CT molecular complexity index is 531. The molecule has 0 spiro atoms. The minimum Gasteiger partial charge on any atom is -0.480 e. The smallest absolute Gasteiger partial charge is 0.231 e. The van der Waals surface area contributed by atoms with Crippen LogP contribution in [-0.4, -0.2) is 39.7 Å². The highest BCUT2D eigenvalue weighted by molar-refractivity contribution is 5.39. The van der Waals surface area contributed by atoms with E-state index in [0.717, 1.165) is 17.9 Å². The second kappa shape index (κ2) is 4.94. The maximum atomic E-state index is 5.16. The number of aromatic nitrogens is 3. The lowest BCUT2D eigenvalue weighted by Crippen LogP contribution is -2.29. The molecule has 1 aliphatic rings. The van der Waals surface area contributed by atoms with Crippen molar-refractivity contribution in [2.45, 2.75) is 25.8 Å². The van der Waals surface area contributed by atoms with E-state index in [9.17, 15) is 0 Å². The number of rotatable bonds is 3. The van der Waals surface area contributed by atoms with E-state index in [2.05, 4.69) is 15.0 Å². The molecule has 0 aliphatic carbocycles. The fourth-order valence-corrected chi connectivity index (χ4v) is 2.47. The predicted molar refractivity (Wildman–Crippen MR) is 68.7 cm³/mol. The largest absolute Gasteiger partial charge is 0.480 e. The van der Waals surface area contributed by atoms with Crippen molar-refractivity contribution >= 4 is 5.65 Å². The van der Waals surface area contributed by atoms with Crippen LogP contribution in [0.4, 0.5) is 0 Å². The number of fused-ring (bicyclic) bond motifs is 1. The average molecular weight is 246 g/mol. The van der Waals surface area contributed by atoms with Gasteiger partial charge in [0, 0.05) is 12.6 Å². The monoisotopic (exact) mass is 246 g/mol. The fourth-order valence-electron chi connectivity index (χ4n) is 2.47. The van der Waals surface area contributed by atoms with E-state index in [1.165, 1.54) is 32.4 Å². The van der Waals surface area contributed by atoms with Gasteiger partial charge in [-0.1, -0.05) is 6.42 Å². The van der Waals surface area contributed by atoms with Crippen molar-refractivity contribution in [1.29, 1.82) is 0 Å². The maximum absolute atomic E-state index is 5.16. The zero-order chi connectivity index (χ0) is 12.4. The molecule has 3 rings (SSSR count). The van der Waals surface area contributed by atoms with Crippen LogP contribution in [0.25, 0.3) is 5.65 Å². The van der Waals surface area contributed by atoms with E-state index in [-0.39, 0.29) is 0 Å². The molecule has 0 radical (unpaired) electrons. The van der Waals surface area contributed by atoms with Gasteiger partial charge in [0.2, 0.25) is 5.88 Å². The summed E-state index contributed by atoms with van der Waals surface area (Å²) in [5.74, 6) is 0.625. The number of methoxy groups -OCH3 is 1. The lowest BCUT2D eigenvalue weighted by molar-refractivity contribution is 0.217. The number of likely N-dealkylation sites (tertiary alicyclic amines) is 1. The van der Waals surface area contributed by atoms with Crippen molar-refractivity contribution in [3.8, 4) is 5.88 Å². The van der Waals surface area contributed by atoms with Crippen molar-refractivity contribution in [1.82, 2.24) is 19.5 Å². The summed E-state index contributed by atoms with van der Waals surface area (Å²) in [7, 11) is 1.63. The number of hydrogen-bond donors (Lipinski definition) is 0. The molecule has 1 aliphatic heterocycles. The Hall–Kier alpha value is -1.62. The van der Waals surface area contributed by atoms with Gasteiger partial charge in [0.25, 0.3) is 0 Å². The topological polar surface area (TPSA) is 42.7 Å². The van der Waals surface area contributed by atoms with Crippen LogP contribution in [0.3, 0.4) is 0 Å². The molecule has 0 unspecified atom stereocenters. The van der Waals surface area contributed by atoms with Crippen molar-refractivity contribution < 1.29 is 4.74 Å². The van der Waals surface area contributed by atoms with Gasteiger partial charge >= 0.3 is 0 Å². The van der Waals surface area contributed by atoms with Crippen LogP contribution in [0, 0.1) is 0 Å². The van der Waals surface area contributed by atoms with Gasteiger partial charge in [0.05, 0.1) is 19.0 Å². The Labute approximate surface area is 106 Å². The van der Waals surface area contributed by atoms with Crippen LogP contribution < -0.4 is 4.74 Å². The Morgan fingerprint density at radius 2 is 2.06 bits per heavy atom. The second-order valence-electron chi connectivity index (χ2n) is 4.73. The third-order valence-electron chi connectivity index (χ3n) is 3.45. The molecule has 18 heavy (non-hydrogen) atoms. The van der Waals surface area contributed by atoms with Crippen molar-refractivity contribution in [2.24, 2.45) is 0 Å². The number of ether oxygens (including phenoxy) is 1. The van der Waals surface area contributed by atoms with Crippen LogP contribution in [-0.2, 0) is 6.54 Å². The van der Waals surface area contributed by atoms with Gasteiger partial charge in [0.15, 0.2) is 5.65 Å². The highest BCUT2D eigenvalue weighted by Gasteiger charge is 2.13. The Kier molecular flexibility index (Phi) is 3.15. The van der Waals surface area contributed by atoms with Crippen molar-refractivity contribution in [3.05, 3.63) is 24.0 Å². The summed E-state index contributed by atoms with van der Waals surface area (Å²) in [4.78, 5) is 6.84. The third kappa shape index (κ3) is 2.18. The molecule has 0 N–H and O–H groups in total. The Balaban J connectivity index is 1.86. The van der Waals surface area contributed by atoms with Crippen LogP contribution in [0.15, 0.2) is 18.3 Å². The maximum Gasteiger partial charge on any atom is 0.231 e. The third-order valence-corrected chi connectivity index (χ3v) is 3.45. The molecular formula is C13H18N4O. The van der Waals surface area contributed by atoms with Crippen molar-refractivity contribution in [2.75, 3.05) is 20.2 Å². The second-order valence-corrected chi connectivity index (χ2v) is 4.73. The molecule has 5 heteroatoms. The molecule has 0 amide bonds. The molecule has 1 fully saturated rings. The van der Waals surface area contributed by atoms with E-state index in [0.29, 0.717) is 5.88 Å². The molecule has 5 nitrogen and oxygen atoms in total. The highest BCUT2D eigenvalue weighted by atomic mass is 16.5. The molecule has 2 aromatic heterocycles. The van der Waals surface area contributed by atoms with Gasteiger partial charge < -0.3 is 4.74 Å². The predicted octanol–water partition coefficient (Wildman–Crippen LogP) is 1.72. The minimum absolute atomic E-state index is 0.625. The molecule has 2 aromatic rings. The standard InChI is InChI=1S/C13H18N4O/c1-18-13-6-5-12-14-9-11(17(12)15-13)10-16-7-3-2-4-8-16/h5-6,9H,2-4,7-8,10H2,1H3. The van der Waals surface area contributed by atoms with Gasteiger partial charge in [-0.25, -0.2) is 9.50 Å². The molecule has 3 heterocycles. The van der Waals surface area contributed by atoms with Gasteiger partial charge in [-0.05, 0) is 32.0 Å². The first kappa shape index (κ1) is 11.5. The summed E-state index contributed by atoms with van der Waals surface area (Å²) in [6.45, 7) is 3.27. The minimum atomic E-state index is 0.625. The van der Waals surface area contributed by atoms with Crippen molar-refractivity contribution in [3.63, 3.8) is 0 Å². The quantitative estimate of drug-likeness (QED) is 0.827.